The van der Waals surface area contributed by atoms with Gasteiger partial charge < -0.3 is 9.47 Å². The number of hydrogen-bond donors (Lipinski definition) is 0. The van der Waals surface area contributed by atoms with Crippen LogP contribution in [0.5, 0.6) is 17.2 Å². The lowest BCUT2D eigenvalue weighted by atomic mass is 10.2. The first kappa shape index (κ1) is 13.5. The zero-order valence-corrected chi connectivity index (χ0v) is 10.6. The van der Waals surface area contributed by atoms with Gasteiger partial charge in [-0.3, -0.25) is 14.9 Å². The van der Waals surface area contributed by atoms with E-state index in [9.17, 15) is 14.9 Å². The van der Waals surface area contributed by atoms with Gasteiger partial charge in [0.05, 0.1) is 17.6 Å². The Morgan fingerprint density at radius 3 is 2.45 bits per heavy atom. The summed E-state index contributed by atoms with van der Waals surface area (Å²) in [5, 5.41) is 10.7. The molecule has 2 rings (SSSR count). The Hall–Kier alpha value is -2.89. The van der Waals surface area contributed by atoms with Crippen LogP contribution in [-0.4, -0.2) is 18.3 Å². The van der Waals surface area contributed by atoms with Crippen molar-refractivity contribution in [2.24, 2.45) is 0 Å². The maximum absolute atomic E-state index is 10.9. The highest BCUT2D eigenvalue weighted by atomic mass is 16.6. The first-order chi connectivity index (χ1) is 9.65. The molecule has 102 valence electrons. The van der Waals surface area contributed by atoms with Crippen LogP contribution < -0.4 is 9.47 Å². The van der Waals surface area contributed by atoms with E-state index in [1.54, 1.807) is 24.3 Å². The number of carbonyl (C=O) groups is 1. The van der Waals surface area contributed by atoms with E-state index in [4.69, 9.17) is 9.47 Å². The summed E-state index contributed by atoms with van der Waals surface area (Å²) in [6, 6.07) is 11.0. The predicted octanol–water partition coefficient (Wildman–Crippen LogP) is 3.21. The van der Waals surface area contributed by atoms with Crippen LogP contribution in [0.15, 0.2) is 42.5 Å². The Morgan fingerprint density at radius 1 is 1.15 bits per heavy atom. The molecule has 0 fully saturated rings. The van der Waals surface area contributed by atoms with Crippen LogP contribution >= 0.6 is 0 Å². The van der Waals surface area contributed by atoms with Crippen molar-refractivity contribution in [2.75, 3.05) is 7.11 Å². The number of carbonyl (C=O) groups excluding carboxylic acids is 1. The molecule has 0 spiro atoms. The fourth-order valence-electron chi connectivity index (χ4n) is 1.69. The fourth-order valence-corrected chi connectivity index (χ4v) is 1.69. The second kappa shape index (κ2) is 5.83. The predicted molar refractivity (Wildman–Crippen MR) is 71.6 cm³/mol. The van der Waals surface area contributed by atoms with Gasteiger partial charge in [-0.2, -0.15) is 0 Å². The molecular weight excluding hydrogens is 262 g/mol. The largest absolute Gasteiger partial charge is 0.493 e. The third kappa shape index (κ3) is 2.74. The molecule has 0 saturated carbocycles. The van der Waals surface area contributed by atoms with Crippen molar-refractivity contribution in [3.8, 4) is 17.2 Å². The molecule has 2 aromatic rings. The first-order valence-electron chi connectivity index (χ1n) is 5.70. The van der Waals surface area contributed by atoms with Crippen LogP contribution in [0, 0.1) is 10.1 Å². The van der Waals surface area contributed by atoms with E-state index in [-0.39, 0.29) is 11.3 Å². The van der Waals surface area contributed by atoms with Crippen molar-refractivity contribution in [3.63, 3.8) is 0 Å². The molecule has 0 heterocycles. The standard InChI is InChI=1S/C14H11NO5/c1-19-13-4-2-3-5-14(13)20-11-6-7-12(15(17)18)10(8-11)9-16/h2-9H,1H3. The Morgan fingerprint density at radius 2 is 1.85 bits per heavy atom. The van der Waals surface area contributed by atoms with E-state index in [2.05, 4.69) is 0 Å². The van der Waals surface area contributed by atoms with Crippen molar-refractivity contribution in [1.29, 1.82) is 0 Å². The van der Waals surface area contributed by atoms with Gasteiger partial charge in [0.15, 0.2) is 17.8 Å². The summed E-state index contributed by atoms with van der Waals surface area (Å²) in [6.07, 6.45) is 0.424. The van der Waals surface area contributed by atoms with Crippen molar-refractivity contribution < 1.29 is 19.2 Å². The number of rotatable bonds is 5. The quantitative estimate of drug-likeness (QED) is 0.475. The third-order valence-corrected chi connectivity index (χ3v) is 2.62. The summed E-state index contributed by atoms with van der Waals surface area (Å²) in [4.78, 5) is 21.0. The van der Waals surface area contributed by atoms with E-state index in [1.807, 2.05) is 0 Å². The second-order valence-corrected chi connectivity index (χ2v) is 3.85. The van der Waals surface area contributed by atoms with Gasteiger partial charge >= 0.3 is 0 Å². The van der Waals surface area contributed by atoms with E-state index in [0.29, 0.717) is 23.5 Å². The molecule has 6 nitrogen and oxygen atoms in total. The molecule has 0 aromatic heterocycles. The maximum Gasteiger partial charge on any atom is 0.280 e. The third-order valence-electron chi connectivity index (χ3n) is 2.62. The lowest BCUT2D eigenvalue weighted by Crippen LogP contribution is -1.95. The molecule has 0 aliphatic carbocycles. The summed E-state index contributed by atoms with van der Waals surface area (Å²) in [5.41, 5.74) is -0.297. The number of ether oxygens (including phenoxy) is 2. The lowest BCUT2D eigenvalue weighted by Gasteiger charge is -2.10. The zero-order valence-electron chi connectivity index (χ0n) is 10.6. The highest BCUT2D eigenvalue weighted by molar-refractivity contribution is 5.82. The number of para-hydroxylation sites is 2. The highest BCUT2D eigenvalue weighted by Crippen LogP contribution is 2.32. The van der Waals surface area contributed by atoms with Gasteiger partial charge in [0.2, 0.25) is 0 Å². The maximum atomic E-state index is 10.9. The van der Waals surface area contributed by atoms with Gasteiger partial charge in [-0.25, -0.2) is 0 Å². The molecule has 0 aliphatic rings. The topological polar surface area (TPSA) is 78.7 Å². The molecule has 0 saturated heterocycles. The van der Waals surface area contributed by atoms with Gasteiger partial charge in [0.1, 0.15) is 5.75 Å². The molecule has 0 bridgehead atoms. The Balaban J connectivity index is 2.35. The second-order valence-electron chi connectivity index (χ2n) is 3.85. The minimum atomic E-state index is -0.614. The molecular formula is C14H11NO5. The van der Waals surface area contributed by atoms with Crippen molar-refractivity contribution in [2.45, 2.75) is 0 Å². The molecule has 0 aliphatic heterocycles. The smallest absolute Gasteiger partial charge is 0.280 e. The number of nitro benzene ring substituents is 1. The number of nitro groups is 1. The van der Waals surface area contributed by atoms with Crippen molar-refractivity contribution in [1.82, 2.24) is 0 Å². The van der Waals surface area contributed by atoms with Crippen LogP contribution in [0.3, 0.4) is 0 Å². The van der Waals surface area contributed by atoms with Crippen molar-refractivity contribution >= 4 is 12.0 Å². The minimum absolute atomic E-state index is 0.0394. The van der Waals surface area contributed by atoms with Gasteiger partial charge in [0, 0.05) is 6.07 Å². The van der Waals surface area contributed by atoms with Gasteiger partial charge in [-0.05, 0) is 24.3 Å². The molecule has 20 heavy (non-hydrogen) atoms. The van der Waals surface area contributed by atoms with E-state index in [1.165, 1.54) is 25.3 Å². The number of nitrogens with zero attached hydrogens (tertiary/aromatic N) is 1. The Kier molecular flexibility index (Phi) is 3.95. The molecule has 0 atom stereocenters. The Bertz CT molecular complexity index is 654. The molecule has 2 aromatic carbocycles. The number of aldehydes is 1. The average Bonchev–Trinajstić information content (AvgIpc) is 2.47. The summed E-state index contributed by atoms with van der Waals surface area (Å²) in [5.74, 6) is 1.31. The average molecular weight is 273 g/mol. The van der Waals surface area contributed by atoms with Gasteiger partial charge in [-0.15, -0.1) is 0 Å². The summed E-state index contributed by atoms with van der Waals surface area (Å²) in [6.45, 7) is 0. The molecule has 0 unspecified atom stereocenters. The monoisotopic (exact) mass is 273 g/mol. The van der Waals surface area contributed by atoms with Crippen LogP contribution in [0.4, 0.5) is 5.69 Å². The van der Waals surface area contributed by atoms with Crippen LogP contribution in [0.1, 0.15) is 10.4 Å². The van der Waals surface area contributed by atoms with E-state index in [0.717, 1.165) is 0 Å². The Labute approximate surface area is 114 Å². The van der Waals surface area contributed by atoms with E-state index >= 15 is 0 Å². The van der Waals surface area contributed by atoms with Crippen LogP contribution in [0.2, 0.25) is 0 Å². The minimum Gasteiger partial charge on any atom is -0.493 e. The van der Waals surface area contributed by atoms with E-state index < -0.39 is 4.92 Å². The van der Waals surface area contributed by atoms with Gasteiger partial charge in [-0.1, -0.05) is 12.1 Å². The van der Waals surface area contributed by atoms with Gasteiger partial charge in [0.25, 0.3) is 5.69 Å². The zero-order chi connectivity index (χ0) is 14.5. The number of methoxy groups -OCH3 is 1. The molecule has 6 heteroatoms. The molecule has 0 amide bonds. The lowest BCUT2D eigenvalue weighted by molar-refractivity contribution is -0.385. The number of benzene rings is 2. The molecule has 0 N–H and O–H groups in total. The first-order valence-corrected chi connectivity index (χ1v) is 5.70. The summed E-state index contributed by atoms with van der Waals surface area (Å²) >= 11 is 0. The summed E-state index contributed by atoms with van der Waals surface area (Å²) in [7, 11) is 1.51. The summed E-state index contributed by atoms with van der Waals surface area (Å²) < 4.78 is 10.7. The van der Waals surface area contributed by atoms with Crippen LogP contribution in [0.25, 0.3) is 0 Å². The normalized spacial score (nSPS) is 9.85. The van der Waals surface area contributed by atoms with Crippen molar-refractivity contribution in [3.05, 3.63) is 58.1 Å². The fraction of sp³-hybridized carbons (Fsp3) is 0.0714. The molecule has 0 radical (unpaired) electrons. The SMILES string of the molecule is COc1ccccc1Oc1ccc([N+](=O)[O-])c(C=O)c1. The number of hydrogen-bond acceptors (Lipinski definition) is 5. The van der Waals surface area contributed by atoms with Crippen LogP contribution in [-0.2, 0) is 0 Å². The highest BCUT2D eigenvalue weighted by Gasteiger charge is 2.14.